The van der Waals surface area contributed by atoms with Crippen LogP contribution >= 0.6 is 0 Å². The van der Waals surface area contributed by atoms with Crippen molar-refractivity contribution in [2.75, 3.05) is 7.11 Å². The molecule has 0 unspecified atom stereocenters. The van der Waals surface area contributed by atoms with Gasteiger partial charge >= 0.3 is 5.97 Å². The number of carbonyl (C=O) groups is 2. The summed E-state index contributed by atoms with van der Waals surface area (Å²) in [4.78, 5) is 27.8. The highest BCUT2D eigenvalue weighted by Crippen LogP contribution is 2.63. The second kappa shape index (κ2) is 9.60. The van der Waals surface area contributed by atoms with Crippen LogP contribution in [-0.2, 0) is 11.2 Å². The number of ketones is 1. The van der Waals surface area contributed by atoms with Crippen molar-refractivity contribution in [3.8, 4) is 5.75 Å². The van der Waals surface area contributed by atoms with Gasteiger partial charge in [0, 0.05) is 24.6 Å². The average Bonchev–Trinajstić information content (AvgIpc) is 3.23. The first-order chi connectivity index (χ1) is 16.9. The lowest BCUT2D eigenvalue weighted by atomic mass is 9.54. The van der Waals surface area contributed by atoms with E-state index >= 15 is 0 Å². The molecule has 5 rings (SSSR count). The Bertz CT molecular complexity index is 1170. The molecule has 0 amide bonds. The molecule has 5 nitrogen and oxygen atoms in total. The Morgan fingerprint density at radius 2 is 1.97 bits per heavy atom. The summed E-state index contributed by atoms with van der Waals surface area (Å²) in [5.74, 6) is 2.00. The van der Waals surface area contributed by atoms with Crippen LogP contribution in [-0.4, -0.2) is 29.0 Å². The van der Waals surface area contributed by atoms with E-state index in [2.05, 4.69) is 36.2 Å². The number of hydrogen-bond donors (Lipinski definition) is 1. The molecule has 1 heterocycles. The minimum absolute atomic E-state index is 0.130. The van der Waals surface area contributed by atoms with Crippen molar-refractivity contribution in [2.45, 2.75) is 70.6 Å². The number of aromatic nitrogens is 1. The highest BCUT2D eigenvalue weighted by molar-refractivity contribution is 5.96. The largest absolute Gasteiger partial charge is 0.495 e. The van der Waals surface area contributed by atoms with Gasteiger partial charge in [-0.1, -0.05) is 25.1 Å². The van der Waals surface area contributed by atoms with E-state index in [1.807, 2.05) is 12.3 Å². The lowest BCUT2D eigenvalue weighted by Gasteiger charge is -2.50. The number of rotatable bonds is 8. The zero-order valence-electron chi connectivity index (χ0n) is 20.8. The van der Waals surface area contributed by atoms with Gasteiger partial charge in [0.1, 0.15) is 5.75 Å². The Hall–Kier alpha value is -2.95. The first-order valence-electron chi connectivity index (χ1n) is 13.0. The molecule has 0 aliphatic heterocycles. The van der Waals surface area contributed by atoms with Gasteiger partial charge in [-0.25, -0.2) is 0 Å². The maximum atomic E-state index is 12.7. The maximum absolute atomic E-state index is 12.7. The third kappa shape index (κ3) is 4.41. The van der Waals surface area contributed by atoms with Gasteiger partial charge in [0.15, 0.2) is 5.78 Å². The Kier molecular flexibility index (Phi) is 6.52. The molecule has 1 fully saturated rings. The van der Waals surface area contributed by atoms with E-state index in [0.717, 1.165) is 30.6 Å². The van der Waals surface area contributed by atoms with Crippen LogP contribution in [0.5, 0.6) is 5.75 Å². The second-order valence-electron chi connectivity index (χ2n) is 10.8. The summed E-state index contributed by atoms with van der Waals surface area (Å²) in [5.41, 5.74) is 6.36. The summed E-state index contributed by atoms with van der Waals surface area (Å²) in [6.45, 7) is 2.45. The van der Waals surface area contributed by atoms with E-state index < -0.39 is 5.97 Å². The Morgan fingerprint density at radius 3 is 2.77 bits per heavy atom. The zero-order valence-corrected chi connectivity index (χ0v) is 20.8. The minimum atomic E-state index is -0.797. The number of aryl methyl sites for hydroxylation is 1. The van der Waals surface area contributed by atoms with E-state index in [9.17, 15) is 9.59 Å². The van der Waals surface area contributed by atoms with Crippen LogP contribution in [0.3, 0.4) is 0 Å². The lowest BCUT2D eigenvalue weighted by molar-refractivity contribution is -0.137. The quantitative estimate of drug-likeness (QED) is 0.351. The number of allylic oxidation sites excluding steroid dienone is 2. The number of ether oxygens (including phenoxy) is 1. The highest BCUT2D eigenvalue weighted by atomic mass is 16.5. The minimum Gasteiger partial charge on any atom is -0.495 e. The molecule has 3 aliphatic carbocycles. The topological polar surface area (TPSA) is 76.5 Å². The fourth-order valence-electron chi connectivity index (χ4n) is 7.15. The molecule has 1 N–H and O–H groups in total. The first kappa shape index (κ1) is 23.8. The van der Waals surface area contributed by atoms with Gasteiger partial charge in [0.2, 0.25) is 0 Å². The van der Waals surface area contributed by atoms with Gasteiger partial charge in [-0.15, -0.1) is 0 Å². The van der Waals surface area contributed by atoms with Crippen molar-refractivity contribution in [2.24, 2.45) is 17.3 Å². The zero-order chi connectivity index (χ0) is 24.6. The monoisotopic (exact) mass is 473 g/mol. The molecule has 2 aromatic rings. The van der Waals surface area contributed by atoms with Gasteiger partial charge < -0.3 is 9.84 Å². The van der Waals surface area contributed by atoms with Crippen molar-refractivity contribution in [1.29, 1.82) is 0 Å². The smallest absolute Gasteiger partial charge is 0.303 e. The number of benzene rings is 1. The average molecular weight is 474 g/mol. The van der Waals surface area contributed by atoms with Gasteiger partial charge in [0.05, 0.1) is 13.3 Å². The number of carboxylic acid groups (broad SMARTS) is 1. The normalized spacial score (nSPS) is 26.8. The SMILES string of the molecule is COc1cncc(C2=CC[C@H]3[C@@H]4CCc5cc(C(=O)CCCCC(=O)O)ccc5[C@H]4CC[C@]23C)c1. The van der Waals surface area contributed by atoms with Crippen LogP contribution < -0.4 is 4.74 Å². The molecule has 0 spiro atoms. The number of aliphatic carboxylic acids is 1. The molecule has 0 saturated heterocycles. The number of nitrogens with zero attached hydrogens (tertiary/aromatic N) is 1. The molecule has 1 aromatic carbocycles. The fraction of sp³-hybridized carbons (Fsp3) is 0.500. The maximum Gasteiger partial charge on any atom is 0.303 e. The standard InChI is InChI=1S/C30H35NO4/c1-30-14-13-24-23-9-8-20(28(32)5-3-4-6-29(33)34)15-19(23)7-10-25(24)27(30)12-11-26(30)21-16-22(35-2)18-31-17-21/h8-9,11,15-18,24-25,27H,3-7,10,12-14H2,1-2H3,(H,33,34)/t24-,25-,27+,30-/m1/s1. The second-order valence-corrected chi connectivity index (χ2v) is 10.8. The van der Waals surface area contributed by atoms with Crippen LogP contribution in [0.15, 0.2) is 42.7 Å². The van der Waals surface area contributed by atoms with E-state index in [4.69, 9.17) is 9.84 Å². The molecular weight excluding hydrogens is 438 g/mol. The van der Waals surface area contributed by atoms with Gasteiger partial charge in [-0.3, -0.25) is 14.6 Å². The van der Waals surface area contributed by atoms with Crippen LogP contribution in [0.4, 0.5) is 0 Å². The van der Waals surface area contributed by atoms with Crippen LogP contribution in [0, 0.1) is 17.3 Å². The van der Waals surface area contributed by atoms with E-state index in [-0.39, 0.29) is 17.6 Å². The van der Waals surface area contributed by atoms with Crippen LogP contribution in [0.25, 0.3) is 5.57 Å². The van der Waals surface area contributed by atoms with E-state index in [0.29, 0.717) is 37.0 Å². The van der Waals surface area contributed by atoms with Gasteiger partial charge in [0.25, 0.3) is 0 Å². The summed E-state index contributed by atoms with van der Waals surface area (Å²) in [6, 6.07) is 8.47. The number of pyridine rings is 1. The molecule has 3 aliphatic rings. The first-order valence-corrected chi connectivity index (χ1v) is 13.0. The predicted octanol–water partition coefficient (Wildman–Crippen LogP) is 6.47. The fourth-order valence-corrected chi connectivity index (χ4v) is 7.15. The van der Waals surface area contributed by atoms with Crippen molar-refractivity contribution < 1.29 is 19.4 Å². The molecule has 4 atom stereocenters. The van der Waals surface area contributed by atoms with Crippen molar-refractivity contribution in [1.82, 2.24) is 4.98 Å². The number of fused-ring (bicyclic) bond motifs is 5. The number of carboxylic acids is 1. The van der Waals surface area contributed by atoms with Crippen molar-refractivity contribution >= 4 is 17.3 Å². The van der Waals surface area contributed by atoms with E-state index in [1.54, 1.807) is 13.3 Å². The number of hydrogen-bond acceptors (Lipinski definition) is 4. The Morgan fingerprint density at radius 1 is 1.14 bits per heavy atom. The lowest BCUT2D eigenvalue weighted by Crippen LogP contribution is -2.41. The van der Waals surface area contributed by atoms with Crippen molar-refractivity contribution in [3.05, 3.63) is 65.0 Å². The highest BCUT2D eigenvalue weighted by Gasteiger charge is 2.52. The number of unbranched alkanes of at least 4 members (excludes halogenated alkanes) is 1. The number of carbonyl (C=O) groups excluding carboxylic acids is 1. The van der Waals surface area contributed by atoms with Crippen LogP contribution in [0.2, 0.25) is 0 Å². The molecule has 5 heteroatoms. The van der Waals surface area contributed by atoms with Gasteiger partial charge in [-0.05, 0) is 103 Å². The Balaban J connectivity index is 1.31. The molecule has 1 aromatic heterocycles. The molecule has 1 saturated carbocycles. The molecule has 184 valence electrons. The van der Waals surface area contributed by atoms with Crippen LogP contribution in [0.1, 0.15) is 91.3 Å². The summed E-state index contributed by atoms with van der Waals surface area (Å²) < 4.78 is 5.43. The third-order valence-corrected chi connectivity index (χ3v) is 8.93. The summed E-state index contributed by atoms with van der Waals surface area (Å²) >= 11 is 0. The molecular formula is C30H35NO4. The summed E-state index contributed by atoms with van der Waals surface area (Å²) in [7, 11) is 1.69. The van der Waals surface area contributed by atoms with Crippen molar-refractivity contribution in [3.63, 3.8) is 0 Å². The summed E-state index contributed by atoms with van der Waals surface area (Å²) in [5, 5.41) is 8.79. The van der Waals surface area contributed by atoms with E-state index in [1.165, 1.54) is 35.1 Å². The Labute approximate surface area is 207 Å². The molecule has 0 bridgehead atoms. The molecule has 0 radical (unpaired) electrons. The number of methoxy groups -OCH3 is 1. The number of Topliss-reactive ketones (excluding diaryl/α,β-unsaturated/α-hetero) is 1. The third-order valence-electron chi connectivity index (χ3n) is 8.93. The summed E-state index contributed by atoms with van der Waals surface area (Å²) in [6.07, 6.45) is 13.6. The van der Waals surface area contributed by atoms with Gasteiger partial charge in [-0.2, -0.15) is 0 Å². The molecule has 35 heavy (non-hydrogen) atoms. The predicted molar refractivity (Wildman–Crippen MR) is 136 cm³/mol.